The fourth-order valence-corrected chi connectivity index (χ4v) is 2.38. The topological polar surface area (TPSA) is 44.4 Å². The molecule has 0 unspecified atom stereocenters. The number of hydrogen-bond acceptors (Lipinski definition) is 3. The molecule has 0 aromatic carbocycles. The lowest BCUT2D eigenvalue weighted by Crippen LogP contribution is -2.60. The number of carbonyl (C=O) groups excluding carboxylic acids is 1. The van der Waals surface area contributed by atoms with Gasteiger partial charge in [0.15, 0.2) is 0 Å². The molecule has 2 N–H and O–H groups in total. The summed E-state index contributed by atoms with van der Waals surface area (Å²) in [5.74, 6) is 0.157. The average Bonchev–Trinajstić information content (AvgIpc) is 2.24. The van der Waals surface area contributed by atoms with E-state index in [2.05, 4.69) is 36.3 Å². The molecule has 0 bridgehead atoms. The van der Waals surface area contributed by atoms with Crippen LogP contribution in [0.4, 0.5) is 0 Å². The molecule has 0 radical (unpaired) electrons. The van der Waals surface area contributed by atoms with E-state index in [4.69, 9.17) is 0 Å². The Hall–Kier alpha value is -0.610. The van der Waals surface area contributed by atoms with Gasteiger partial charge in [0.2, 0.25) is 5.91 Å². The lowest BCUT2D eigenvalue weighted by molar-refractivity contribution is -0.122. The Balaban J connectivity index is 2.26. The minimum atomic E-state index is -0.169. The Kier molecular flexibility index (Phi) is 1.85. The molecule has 74 valence electrons. The van der Waals surface area contributed by atoms with Crippen molar-refractivity contribution < 1.29 is 4.79 Å². The van der Waals surface area contributed by atoms with E-state index in [1.165, 1.54) is 0 Å². The van der Waals surface area contributed by atoms with Crippen LogP contribution in [0.25, 0.3) is 0 Å². The van der Waals surface area contributed by atoms with Crippen molar-refractivity contribution in [2.45, 2.75) is 38.5 Å². The summed E-state index contributed by atoms with van der Waals surface area (Å²) in [6.07, 6.45) is 0. The van der Waals surface area contributed by atoms with Crippen LogP contribution in [-0.2, 0) is 4.79 Å². The molecule has 2 rings (SSSR count). The highest BCUT2D eigenvalue weighted by atomic mass is 16.2. The van der Waals surface area contributed by atoms with Crippen molar-refractivity contribution >= 4 is 5.91 Å². The first-order valence-electron chi connectivity index (χ1n) is 4.84. The van der Waals surface area contributed by atoms with Gasteiger partial charge in [0.05, 0.1) is 5.66 Å². The third kappa shape index (κ3) is 1.25. The Bertz CT molecular complexity index is 239. The van der Waals surface area contributed by atoms with Gasteiger partial charge in [-0.05, 0) is 20.8 Å². The second-order valence-corrected chi connectivity index (χ2v) is 4.43. The summed E-state index contributed by atoms with van der Waals surface area (Å²) in [5.41, 5.74) is -0.169. The first kappa shape index (κ1) is 8.97. The quantitative estimate of drug-likeness (QED) is 0.533. The zero-order valence-electron chi connectivity index (χ0n) is 8.42. The van der Waals surface area contributed by atoms with Crippen LogP contribution < -0.4 is 10.6 Å². The van der Waals surface area contributed by atoms with Crippen molar-refractivity contribution in [3.63, 3.8) is 0 Å². The van der Waals surface area contributed by atoms with E-state index in [1.54, 1.807) is 0 Å². The maximum Gasteiger partial charge on any atom is 0.240 e. The summed E-state index contributed by atoms with van der Waals surface area (Å²) in [5, 5.41) is 6.33. The van der Waals surface area contributed by atoms with E-state index in [1.807, 2.05) is 0 Å². The van der Waals surface area contributed by atoms with Gasteiger partial charge >= 0.3 is 0 Å². The van der Waals surface area contributed by atoms with Crippen molar-refractivity contribution in [3.05, 3.63) is 0 Å². The number of piperazine rings is 1. The van der Waals surface area contributed by atoms with Crippen LogP contribution in [0.1, 0.15) is 20.8 Å². The molecule has 2 saturated heterocycles. The number of rotatable bonds is 0. The van der Waals surface area contributed by atoms with E-state index >= 15 is 0 Å². The molecule has 0 aliphatic carbocycles. The van der Waals surface area contributed by atoms with E-state index in [-0.39, 0.29) is 23.7 Å². The Morgan fingerprint density at radius 2 is 2.23 bits per heavy atom. The highest BCUT2D eigenvalue weighted by Crippen LogP contribution is 2.25. The van der Waals surface area contributed by atoms with Crippen LogP contribution in [-0.4, -0.2) is 41.6 Å². The second-order valence-electron chi connectivity index (χ2n) is 4.43. The summed E-state index contributed by atoms with van der Waals surface area (Å²) < 4.78 is 0. The van der Waals surface area contributed by atoms with E-state index in [0.717, 1.165) is 13.1 Å². The van der Waals surface area contributed by atoms with Crippen LogP contribution in [0.3, 0.4) is 0 Å². The molecular weight excluding hydrogens is 166 g/mol. The molecule has 4 heteroatoms. The number of fused-ring (bicyclic) bond motifs is 1. The maximum absolute atomic E-state index is 11.6. The molecule has 0 aromatic heterocycles. The van der Waals surface area contributed by atoms with Crippen molar-refractivity contribution in [2.75, 3.05) is 13.1 Å². The van der Waals surface area contributed by atoms with Crippen molar-refractivity contribution in [1.82, 2.24) is 15.5 Å². The molecule has 2 aliphatic rings. The van der Waals surface area contributed by atoms with Crippen molar-refractivity contribution in [1.29, 1.82) is 0 Å². The number of hydrogen-bond donors (Lipinski definition) is 2. The summed E-state index contributed by atoms with van der Waals surface area (Å²) in [4.78, 5) is 13.9. The standard InChI is InChI=1S/C9H17N3O/c1-6-7-8(13)11-9(2,3)12(7)5-4-10-6/h6-7,10H,4-5H2,1-3H3,(H,11,13)/t6-,7+/m1/s1. The minimum Gasteiger partial charge on any atom is -0.337 e. The van der Waals surface area contributed by atoms with Gasteiger partial charge in [0.25, 0.3) is 0 Å². The number of amides is 1. The first-order chi connectivity index (χ1) is 6.02. The van der Waals surface area contributed by atoms with Crippen LogP contribution in [0.2, 0.25) is 0 Å². The summed E-state index contributed by atoms with van der Waals surface area (Å²) in [7, 11) is 0. The second kappa shape index (κ2) is 2.69. The van der Waals surface area contributed by atoms with Gasteiger partial charge in [-0.2, -0.15) is 0 Å². The molecule has 13 heavy (non-hydrogen) atoms. The molecular formula is C9H17N3O. The van der Waals surface area contributed by atoms with E-state index in [9.17, 15) is 4.79 Å². The van der Waals surface area contributed by atoms with Gasteiger partial charge in [-0.3, -0.25) is 9.69 Å². The van der Waals surface area contributed by atoms with Crippen LogP contribution >= 0.6 is 0 Å². The van der Waals surface area contributed by atoms with Gasteiger partial charge in [-0.25, -0.2) is 0 Å². The molecule has 0 spiro atoms. The van der Waals surface area contributed by atoms with Gasteiger partial charge < -0.3 is 10.6 Å². The predicted octanol–water partition coefficient (Wildman–Crippen LogP) is -0.485. The molecule has 4 nitrogen and oxygen atoms in total. The molecule has 2 heterocycles. The molecule has 1 amide bonds. The first-order valence-corrected chi connectivity index (χ1v) is 4.84. The largest absolute Gasteiger partial charge is 0.337 e. The highest BCUT2D eigenvalue weighted by Gasteiger charge is 2.48. The van der Waals surface area contributed by atoms with Gasteiger partial charge in [0, 0.05) is 19.1 Å². The summed E-state index contributed by atoms with van der Waals surface area (Å²) >= 11 is 0. The fourth-order valence-electron chi connectivity index (χ4n) is 2.38. The molecule has 0 saturated carbocycles. The molecule has 2 aliphatic heterocycles. The third-order valence-electron chi connectivity index (χ3n) is 3.04. The minimum absolute atomic E-state index is 0.0174. The monoisotopic (exact) mass is 183 g/mol. The molecule has 2 fully saturated rings. The lowest BCUT2D eigenvalue weighted by Gasteiger charge is -2.39. The molecule has 2 atom stereocenters. The Morgan fingerprint density at radius 3 is 2.85 bits per heavy atom. The predicted molar refractivity (Wildman–Crippen MR) is 50.2 cm³/mol. The summed E-state index contributed by atoms with van der Waals surface area (Å²) in [6, 6.07) is 0.277. The molecule has 0 aromatic rings. The number of carbonyl (C=O) groups is 1. The highest BCUT2D eigenvalue weighted by molar-refractivity contribution is 5.85. The van der Waals surface area contributed by atoms with Gasteiger partial charge in [-0.1, -0.05) is 0 Å². The zero-order chi connectivity index (χ0) is 9.64. The fraction of sp³-hybridized carbons (Fsp3) is 0.889. The van der Waals surface area contributed by atoms with Gasteiger partial charge in [-0.15, -0.1) is 0 Å². The Labute approximate surface area is 78.7 Å². The van der Waals surface area contributed by atoms with Crippen LogP contribution in [0.5, 0.6) is 0 Å². The SMILES string of the molecule is C[C@H]1NCCN2[C@@H]1C(=O)NC2(C)C. The van der Waals surface area contributed by atoms with E-state index < -0.39 is 0 Å². The van der Waals surface area contributed by atoms with Crippen molar-refractivity contribution in [3.8, 4) is 0 Å². The number of nitrogens with zero attached hydrogens (tertiary/aromatic N) is 1. The van der Waals surface area contributed by atoms with Crippen LogP contribution in [0, 0.1) is 0 Å². The number of nitrogens with one attached hydrogen (secondary N) is 2. The summed E-state index contributed by atoms with van der Waals surface area (Å²) in [6.45, 7) is 8.10. The van der Waals surface area contributed by atoms with Crippen LogP contribution in [0.15, 0.2) is 0 Å². The average molecular weight is 183 g/mol. The van der Waals surface area contributed by atoms with E-state index in [0.29, 0.717) is 0 Å². The normalized spacial score (nSPS) is 38.5. The maximum atomic E-state index is 11.6. The third-order valence-corrected chi connectivity index (χ3v) is 3.04. The zero-order valence-corrected chi connectivity index (χ0v) is 8.42. The van der Waals surface area contributed by atoms with Gasteiger partial charge in [0.1, 0.15) is 6.04 Å². The Morgan fingerprint density at radius 1 is 1.54 bits per heavy atom. The lowest BCUT2D eigenvalue weighted by atomic mass is 10.1. The van der Waals surface area contributed by atoms with Crippen molar-refractivity contribution in [2.24, 2.45) is 0 Å². The smallest absolute Gasteiger partial charge is 0.240 e.